The van der Waals surface area contributed by atoms with Crippen molar-refractivity contribution in [3.05, 3.63) is 11.4 Å². The Morgan fingerprint density at radius 1 is 1.36 bits per heavy atom. The zero-order chi connectivity index (χ0) is 11.0. The number of hydrogen-bond acceptors (Lipinski definition) is 2. The molecule has 0 aromatic rings. The van der Waals surface area contributed by atoms with E-state index in [9.17, 15) is 0 Å². The molecular formula is C8H12Cl3NOSi. The van der Waals surface area contributed by atoms with E-state index in [1.165, 1.54) is 0 Å². The third-order valence-corrected chi connectivity index (χ3v) is 3.13. The van der Waals surface area contributed by atoms with Gasteiger partial charge in [-0.1, -0.05) is 60.1 Å². The van der Waals surface area contributed by atoms with E-state index in [0.29, 0.717) is 6.61 Å². The fourth-order valence-electron chi connectivity index (χ4n) is 1.06. The van der Waals surface area contributed by atoms with Crippen molar-refractivity contribution in [3.63, 3.8) is 0 Å². The minimum Gasteiger partial charge on any atom is -0.471 e. The maximum Gasteiger partial charge on any atom is 0.266 e. The first kappa shape index (κ1) is 12.4. The van der Waals surface area contributed by atoms with E-state index in [1.54, 1.807) is 0 Å². The standard InChI is InChI=1S/C8H12Cl3NOSi/c1-14(2,3)5-6-4-13-7(12-6)8(9,10)11/h5H,4H2,1-3H3/b6-5-. The van der Waals surface area contributed by atoms with Crippen molar-refractivity contribution >= 4 is 48.8 Å². The predicted octanol–water partition coefficient (Wildman–Crippen LogP) is 3.55. The number of halogens is 3. The van der Waals surface area contributed by atoms with Crippen LogP contribution in [-0.2, 0) is 4.74 Å². The molecule has 0 radical (unpaired) electrons. The van der Waals surface area contributed by atoms with Crippen LogP contribution >= 0.6 is 34.8 Å². The summed E-state index contributed by atoms with van der Waals surface area (Å²) in [6, 6.07) is 0. The van der Waals surface area contributed by atoms with Crippen molar-refractivity contribution in [3.8, 4) is 0 Å². The van der Waals surface area contributed by atoms with Crippen LogP contribution < -0.4 is 0 Å². The molecule has 1 aliphatic heterocycles. The Hall–Kier alpha value is 0.297. The number of hydrogen-bond donors (Lipinski definition) is 0. The molecule has 0 bridgehead atoms. The van der Waals surface area contributed by atoms with Crippen molar-refractivity contribution in [2.45, 2.75) is 23.4 Å². The second-order valence-corrected chi connectivity index (χ2v) is 11.5. The Labute approximate surface area is 99.9 Å². The molecule has 1 rings (SSSR count). The van der Waals surface area contributed by atoms with Gasteiger partial charge in [0.25, 0.3) is 3.79 Å². The third kappa shape index (κ3) is 3.81. The largest absolute Gasteiger partial charge is 0.471 e. The lowest BCUT2D eigenvalue weighted by atomic mass is 10.6. The van der Waals surface area contributed by atoms with Gasteiger partial charge in [-0.3, -0.25) is 0 Å². The van der Waals surface area contributed by atoms with E-state index >= 15 is 0 Å². The summed E-state index contributed by atoms with van der Waals surface area (Å²) in [6.45, 7) is 7.04. The van der Waals surface area contributed by atoms with Gasteiger partial charge in [-0.05, 0) is 0 Å². The first-order valence-corrected chi connectivity index (χ1v) is 8.90. The predicted molar refractivity (Wildman–Crippen MR) is 65.1 cm³/mol. The van der Waals surface area contributed by atoms with Gasteiger partial charge in [0.2, 0.25) is 5.90 Å². The Bertz CT molecular complexity index is 288. The molecule has 1 aliphatic rings. The van der Waals surface area contributed by atoms with Gasteiger partial charge in [-0.15, -0.1) is 0 Å². The Morgan fingerprint density at radius 2 is 1.93 bits per heavy atom. The highest BCUT2D eigenvalue weighted by atomic mass is 35.6. The average molecular weight is 273 g/mol. The Morgan fingerprint density at radius 3 is 2.29 bits per heavy atom. The monoisotopic (exact) mass is 271 g/mol. The number of aliphatic imine (C=N–C) groups is 1. The summed E-state index contributed by atoms with van der Waals surface area (Å²) in [4.78, 5) is 4.14. The third-order valence-electron chi connectivity index (χ3n) is 1.44. The number of nitrogens with zero attached hydrogens (tertiary/aromatic N) is 1. The van der Waals surface area contributed by atoms with Gasteiger partial charge in [0.1, 0.15) is 6.61 Å². The van der Waals surface area contributed by atoms with E-state index < -0.39 is 11.9 Å². The van der Waals surface area contributed by atoms with Crippen molar-refractivity contribution in [2.24, 2.45) is 4.99 Å². The second-order valence-electron chi connectivity index (χ2n) is 4.21. The molecule has 0 fully saturated rings. The van der Waals surface area contributed by atoms with E-state index in [1.807, 2.05) is 0 Å². The fourth-order valence-corrected chi connectivity index (χ4v) is 2.49. The minimum atomic E-state index is -1.55. The molecule has 0 aromatic carbocycles. The molecule has 0 atom stereocenters. The van der Waals surface area contributed by atoms with E-state index in [2.05, 4.69) is 30.3 Å². The topological polar surface area (TPSA) is 21.6 Å². The summed E-state index contributed by atoms with van der Waals surface area (Å²) in [7, 11) is -1.29. The summed E-state index contributed by atoms with van der Waals surface area (Å²) in [5.41, 5.74) is 3.00. The zero-order valence-electron chi connectivity index (χ0n) is 8.27. The molecule has 0 aliphatic carbocycles. The SMILES string of the molecule is C[Si](C)(C)/C=C1/COC(C(Cl)(Cl)Cl)=N1. The van der Waals surface area contributed by atoms with Crippen molar-refractivity contribution in [1.29, 1.82) is 0 Å². The highest BCUT2D eigenvalue weighted by Gasteiger charge is 2.33. The lowest BCUT2D eigenvalue weighted by molar-refractivity contribution is 0.357. The van der Waals surface area contributed by atoms with E-state index in [0.717, 1.165) is 5.70 Å². The molecule has 0 saturated heterocycles. The van der Waals surface area contributed by atoms with Gasteiger partial charge < -0.3 is 4.74 Å². The van der Waals surface area contributed by atoms with Crippen LogP contribution in [0.4, 0.5) is 0 Å². The Kier molecular flexibility index (Phi) is 3.57. The van der Waals surface area contributed by atoms with Gasteiger partial charge in [0, 0.05) is 0 Å². The lowest BCUT2D eigenvalue weighted by Crippen LogP contribution is -2.18. The second kappa shape index (κ2) is 4.04. The molecule has 2 nitrogen and oxygen atoms in total. The first-order chi connectivity index (χ1) is 6.18. The minimum absolute atomic E-state index is 0.173. The van der Waals surface area contributed by atoms with Gasteiger partial charge in [0.05, 0.1) is 13.8 Å². The molecule has 0 aromatic heterocycles. The normalized spacial score (nSPS) is 21.0. The highest BCUT2D eigenvalue weighted by Crippen LogP contribution is 2.32. The molecule has 0 saturated carbocycles. The molecule has 1 heterocycles. The fraction of sp³-hybridized carbons (Fsp3) is 0.625. The molecule has 6 heteroatoms. The van der Waals surface area contributed by atoms with Crippen molar-refractivity contribution in [1.82, 2.24) is 0 Å². The Balaban J connectivity index is 2.82. The molecule has 0 N–H and O–H groups in total. The van der Waals surface area contributed by atoms with Crippen LogP contribution in [0.15, 0.2) is 16.4 Å². The van der Waals surface area contributed by atoms with Crippen LogP contribution in [0, 0.1) is 0 Å². The molecule has 14 heavy (non-hydrogen) atoms. The van der Waals surface area contributed by atoms with Crippen LogP contribution in [0.25, 0.3) is 0 Å². The van der Waals surface area contributed by atoms with Crippen LogP contribution in [0.3, 0.4) is 0 Å². The summed E-state index contributed by atoms with van der Waals surface area (Å²) in [5.74, 6) is 0.173. The van der Waals surface area contributed by atoms with Gasteiger partial charge >= 0.3 is 0 Å². The highest BCUT2D eigenvalue weighted by molar-refractivity contribution is 6.81. The maximum atomic E-state index is 5.64. The smallest absolute Gasteiger partial charge is 0.266 e. The zero-order valence-corrected chi connectivity index (χ0v) is 11.5. The molecule has 0 unspecified atom stereocenters. The number of alkyl halides is 3. The molecule has 0 spiro atoms. The first-order valence-electron chi connectivity index (χ1n) is 4.19. The molecule has 0 amide bonds. The van der Waals surface area contributed by atoms with E-state index in [-0.39, 0.29) is 5.90 Å². The summed E-state index contributed by atoms with van der Waals surface area (Å²) in [5, 5.41) is 0. The lowest BCUT2D eigenvalue weighted by Gasteiger charge is -2.08. The average Bonchev–Trinajstić information content (AvgIpc) is 2.29. The molecule has 80 valence electrons. The van der Waals surface area contributed by atoms with Crippen molar-refractivity contribution in [2.75, 3.05) is 6.61 Å². The van der Waals surface area contributed by atoms with Crippen molar-refractivity contribution < 1.29 is 4.74 Å². The van der Waals surface area contributed by atoms with Crippen LogP contribution in [-0.4, -0.2) is 24.4 Å². The maximum absolute atomic E-state index is 5.64. The summed E-state index contributed by atoms with van der Waals surface area (Å²) < 4.78 is 3.64. The van der Waals surface area contributed by atoms with Gasteiger partial charge in [-0.25, -0.2) is 4.99 Å². The molecular weight excluding hydrogens is 261 g/mol. The number of ether oxygens (including phenoxy) is 1. The van der Waals surface area contributed by atoms with Crippen LogP contribution in [0.5, 0.6) is 0 Å². The van der Waals surface area contributed by atoms with Gasteiger partial charge in [-0.2, -0.15) is 0 Å². The number of rotatable bonds is 1. The summed E-state index contributed by atoms with van der Waals surface area (Å²) in [6.07, 6.45) is 0. The van der Waals surface area contributed by atoms with Crippen LogP contribution in [0.1, 0.15) is 0 Å². The summed E-state index contributed by atoms with van der Waals surface area (Å²) >= 11 is 16.9. The van der Waals surface area contributed by atoms with E-state index in [4.69, 9.17) is 39.5 Å². The quantitative estimate of drug-likeness (QED) is 0.528. The van der Waals surface area contributed by atoms with Gasteiger partial charge in [0.15, 0.2) is 0 Å². The van der Waals surface area contributed by atoms with Crippen LogP contribution in [0.2, 0.25) is 19.6 Å².